The number of rotatable bonds is 3. The van der Waals surface area contributed by atoms with Gasteiger partial charge >= 0.3 is 5.97 Å². The van der Waals surface area contributed by atoms with Crippen molar-refractivity contribution >= 4 is 28.6 Å². The van der Waals surface area contributed by atoms with E-state index in [1.165, 1.54) is 0 Å². The number of carbonyl (C=O) groups excluding carboxylic acids is 1. The van der Waals surface area contributed by atoms with E-state index in [2.05, 4.69) is 32.4 Å². The van der Waals surface area contributed by atoms with Crippen molar-refractivity contribution in [2.75, 3.05) is 6.61 Å². The molecule has 0 aromatic heterocycles. The van der Waals surface area contributed by atoms with Crippen molar-refractivity contribution in [1.82, 2.24) is 0 Å². The molecule has 0 amide bonds. The zero-order valence-corrected chi connectivity index (χ0v) is 9.95. The smallest absolute Gasteiger partial charge is 0.298 e. The van der Waals surface area contributed by atoms with Gasteiger partial charge in [-0.15, -0.1) is 0 Å². The molecule has 0 N–H and O–H groups in total. The predicted octanol–water partition coefficient (Wildman–Crippen LogP) is 2.47. The molecule has 1 rings (SSSR count). The molecule has 1 saturated carbocycles. The van der Waals surface area contributed by atoms with Gasteiger partial charge in [0, 0.05) is 3.92 Å². The molecular weight excluding hydrogens is 283 g/mol. The second-order valence-electron chi connectivity index (χ2n) is 3.26. The summed E-state index contributed by atoms with van der Waals surface area (Å²) < 4.78 is 0.730. The highest BCUT2D eigenvalue weighted by Gasteiger charge is 2.26. The Morgan fingerprint density at radius 2 is 2.00 bits per heavy atom. The Morgan fingerprint density at radius 3 is 2.54 bits per heavy atom. The van der Waals surface area contributed by atoms with Crippen molar-refractivity contribution in [3.8, 4) is 0 Å². The Labute approximate surface area is 92.2 Å². The van der Waals surface area contributed by atoms with Gasteiger partial charge in [-0.1, -0.05) is 22.6 Å². The van der Waals surface area contributed by atoms with Gasteiger partial charge in [-0.2, -0.15) is 4.89 Å². The van der Waals surface area contributed by atoms with Gasteiger partial charge in [-0.25, -0.2) is 4.79 Å². The van der Waals surface area contributed by atoms with Crippen molar-refractivity contribution in [3.05, 3.63) is 0 Å². The van der Waals surface area contributed by atoms with E-state index in [1.54, 1.807) is 6.92 Å². The van der Waals surface area contributed by atoms with Crippen LogP contribution in [0.1, 0.15) is 32.6 Å². The highest BCUT2D eigenvalue weighted by Crippen LogP contribution is 2.29. The van der Waals surface area contributed by atoms with Crippen LogP contribution in [0.3, 0.4) is 0 Å². The summed E-state index contributed by atoms with van der Waals surface area (Å²) >= 11 is 2.44. The summed E-state index contributed by atoms with van der Waals surface area (Å²) in [4.78, 5) is 20.6. The quantitative estimate of drug-likeness (QED) is 0.347. The Balaban J connectivity index is 2.23. The molecule has 3 nitrogen and oxygen atoms in total. The lowest BCUT2D eigenvalue weighted by molar-refractivity contribution is -0.274. The molecule has 0 unspecified atom stereocenters. The molecule has 0 aliphatic heterocycles. The SMILES string of the molecule is CCOOC(=O)C1CCC(I)CC1. The van der Waals surface area contributed by atoms with Crippen LogP contribution in [-0.2, 0) is 14.6 Å². The molecule has 0 radical (unpaired) electrons. The lowest BCUT2D eigenvalue weighted by Crippen LogP contribution is -2.23. The van der Waals surface area contributed by atoms with Crippen LogP contribution in [0.25, 0.3) is 0 Å². The number of carbonyl (C=O) groups is 1. The molecule has 0 heterocycles. The molecule has 76 valence electrons. The van der Waals surface area contributed by atoms with Gasteiger partial charge in [0.05, 0.1) is 12.5 Å². The number of hydrogen-bond donors (Lipinski definition) is 0. The summed E-state index contributed by atoms with van der Waals surface area (Å²) in [5.74, 6) is -0.122. The molecule has 0 atom stereocenters. The molecule has 0 aromatic rings. The first kappa shape index (κ1) is 11.2. The average molecular weight is 298 g/mol. The fourth-order valence-electron chi connectivity index (χ4n) is 1.47. The zero-order chi connectivity index (χ0) is 9.68. The number of hydrogen-bond acceptors (Lipinski definition) is 3. The van der Waals surface area contributed by atoms with Gasteiger partial charge in [0.25, 0.3) is 0 Å². The molecule has 13 heavy (non-hydrogen) atoms. The van der Waals surface area contributed by atoms with Crippen LogP contribution in [0.4, 0.5) is 0 Å². The van der Waals surface area contributed by atoms with Crippen LogP contribution in [0.15, 0.2) is 0 Å². The third-order valence-electron chi connectivity index (χ3n) is 2.25. The van der Waals surface area contributed by atoms with Crippen molar-refractivity contribution in [2.24, 2.45) is 5.92 Å². The maximum Gasteiger partial charge on any atom is 0.345 e. The lowest BCUT2D eigenvalue weighted by atomic mass is 9.89. The Morgan fingerprint density at radius 1 is 1.38 bits per heavy atom. The summed E-state index contributed by atoms with van der Waals surface area (Å²) in [6, 6.07) is 0. The molecule has 0 spiro atoms. The minimum Gasteiger partial charge on any atom is -0.298 e. The normalized spacial score (nSPS) is 28.5. The average Bonchev–Trinajstić information content (AvgIpc) is 2.15. The Hall–Kier alpha value is 0.160. The molecule has 0 bridgehead atoms. The van der Waals surface area contributed by atoms with Gasteiger partial charge in [0.1, 0.15) is 0 Å². The molecule has 4 heteroatoms. The van der Waals surface area contributed by atoms with E-state index in [-0.39, 0.29) is 11.9 Å². The van der Waals surface area contributed by atoms with Crippen molar-refractivity contribution in [2.45, 2.75) is 36.5 Å². The van der Waals surface area contributed by atoms with E-state index in [1.807, 2.05) is 0 Å². The van der Waals surface area contributed by atoms with E-state index in [0.717, 1.165) is 29.6 Å². The summed E-state index contributed by atoms with van der Waals surface area (Å²) in [7, 11) is 0. The van der Waals surface area contributed by atoms with Crippen LogP contribution >= 0.6 is 22.6 Å². The van der Waals surface area contributed by atoms with E-state index in [0.29, 0.717) is 6.61 Å². The summed E-state index contributed by atoms with van der Waals surface area (Å²) in [6.45, 7) is 2.22. The standard InChI is InChI=1S/C9H15IO3/c1-2-12-13-9(11)7-3-5-8(10)6-4-7/h7-8H,2-6H2,1H3. The van der Waals surface area contributed by atoms with Gasteiger partial charge < -0.3 is 0 Å². The van der Waals surface area contributed by atoms with Crippen molar-refractivity contribution in [3.63, 3.8) is 0 Å². The van der Waals surface area contributed by atoms with E-state index in [4.69, 9.17) is 0 Å². The first-order valence-electron chi connectivity index (χ1n) is 4.71. The zero-order valence-electron chi connectivity index (χ0n) is 7.79. The molecular formula is C9H15IO3. The summed E-state index contributed by atoms with van der Waals surface area (Å²) in [5, 5.41) is 0. The minimum atomic E-state index is -0.190. The van der Waals surface area contributed by atoms with Gasteiger partial charge in [-0.05, 0) is 32.6 Å². The van der Waals surface area contributed by atoms with Gasteiger partial charge in [-0.3, -0.25) is 4.89 Å². The second-order valence-corrected chi connectivity index (χ2v) is 5.02. The molecule has 1 aliphatic carbocycles. The lowest BCUT2D eigenvalue weighted by Gasteiger charge is -2.22. The van der Waals surface area contributed by atoms with Gasteiger partial charge in [0.2, 0.25) is 0 Å². The van der Waals surface area contributed by atoms with Crippen molar-refractivity contribution in [1.29, 1.82) is 0 Å². The van der Waals surface area contributed by atoms with Crippen LogP contribution in [0.2, 0.25) is 0 Å². The second kappa shape index (κ2) is 5.80. The molecule has 0 saturated heterocycles. The topological polar surface area (TPSA) is 35.5 Å². The van der Waals surface area contributed by atoms with Crippen molar-refractivity contribution < 1.29 is 14.6 Å². The number of halogens is 1. The maximum absolute atomic E-state index is 11.3. The third-order valence-corrected chi connectivity index (χ3v) is 3.49. The monoisotopic (exact) mass is 298 g/mol. The molecule has 0 aromatic carbocycles. The van der Waals surface area contributed by atoms with E-state index >= 15 is 0 Å². The Kier molecular flexibility index (Phi) is 5.01. The van der Waals surface area contributed by atoms with Crippen LogP contribution in [0.5, 0.6) is 0 Å². The summed E-state index contributed by atoms with van der Waals surface area (Å²) in [6.07, 6.45) is 4.12. The fraction of sp³-hybridized carbons (Fsp3) is 0.889. The first-order chi connectivity index (χ1) is 6.24. The first-order valence-corrected chi connectivity index (χ1v) is 5.96. The van der Waals surface area contributed by atoms with Crippen LogP contribution in [-0.4, -0.2) is 16.5 Å². The molecule has 1 aliphatic rings. The largest absolute Gasteiger partial charge is 0.345 e. The number of alkyl halides is 1. The van der Waals surface area contributed by atoms with Crippen LogP contribution in [0, 0.1) is 5.92 Å². The van der Waals surface area contributed by atoms with E-state index < -0.39 is 0 Å². The third kappa shape index (κ3) is 3.81. The fourth-order valence-corrected chi connectivity index (χ4v) is 2.19. The Bertz CT molecular complexity index is 164. The van der Waals surface area contributed by atoms with Crippen LogP contribution < -0.4 is 0 Å². The predicted molar refractivity (Wildman–Crippen MR) is 57.5 cm³/mol. The van der Waals surface area contributed by atoms with Gasteiger partial charge in [0.15, 0.2) is 0 Å². The maximum atomic E-state index is 11.3. The highest BCUT2D eigenvalue weighted by molar-refractivity contribution is 14.1. The summed E-state index contributed by atoms with van der Waals surface area (Å²) in [5.41, 5.74) is 0. The molecule has 1 fully saturated rings. The highest BCUT2D eigenvalue weighted by atomic mass is 127. The minimum absolute atomic E-state index is 0.0672. The van der Waals surface area contributed by atoms with E-state index in [9.17, 15) is 4.79 Å².